The van der Waals surface area contributed by atoms with Gasteiger partial charge in [0.2, 0.25) is 10.0 Å². The van der Waals surface area contributed by atoms with Gasteiger partial charge in [0.05, 0.1) is 5.02 Å². The molecule has 23 heavy (non-hydrogen) atoms. The van der Waals surface area contributed by atoms with Crippen LogP contribution in [0.4, 0.5) is 0 Å². The van der Waals surface area contributed by atoms with Crippen LogP contribution in [0.25, 0.3) is 0 Å². The molecule has 1 saturated heterocycles. The molecule has 0 unspecified atom stereocenters. The number of hydrogen-bond donors (Lipinski definition) is 1. The number of halogens is 1. The standard InChI is InChI=1S/C16H18ClN3O2S/c17-14-6-15(9-19-8-14)23(21,22)20-10-13(7-18)16(11-20)12-4-2-1-3-5-12/h1-6,8-9,13,16H,7,10-11,18H2/t13-,16+/m1/s1. The summed E-state index contributed by atoms with van der Waals surface area (Å²) < 4.78 is 27.1. The van der Waals surface area contributed by atoms with Gasteiger partial charge in [-0.25, -0.2) is 8.42 Å². The zero-order valence-electron chi connectivity index (χ0n) is 12.5. The van der Waals surface area contributed by atoms with Crippen molar-refractivity contribution in [2.75, 3.05) is 19.6 Å². The molecule has 3 rings (SSSR count). The first-order valence-corrected chi connectivity index (χ1v) is 9.20. The molecule has 2 atom stereocenters. The van der Waals surface area contributed by atoms with E-state index in [0.29, 0.717) is 24.7 Å². The molecule has 2 N–H and O–H groups in total. The Balaban J connectivity index is 1.90. The zero-order valence-corrected chi connectivity index (χ0v) is 14.0. The van der Waals surface area contributed by atoms with Crippen LogP contribution in [0, 0.1) is 5.92 Å². The molecule has 5 nitrogen and oxygen atoms in total. The highest BCUT2D eigenvalue weighted by molar-refractivity contribution is 7.89. The van der Waals surface area contributed by atoms with Crippen LogP contribution in [0.5, 0.6) is 0 Å². The second-order valence-corrected chi connectivity index (χ2v) is 8.05. The molecule has 1 aliphatic rings. The summed E-state index contributed by atoms with van der Waals surface area (Å²) in [6, 6.07) is 11.3. The number of sulfonamides is 1. The SMILES string of the molecule is NC[C@@H]1CN(S(=O)(=O)c2cncc(Cl)c2)C[C@H]1c1ccccc1. The molecule has 0 aliphatic carbocycles. The van der Waals surface area contributed by atoms with Crippen molar-refractivity contribution in [1.82, 2.24) is 9.29 Å². The first-order valence-electron chi connectivity index (χ1n) is 7.38. The van der Waals surface area contributed by atoms with Crippen LogP contribution < -0.4 is 5.73 Å². The Morgan fingerprint density at radius 2 is 1.96 bits per heavy atom. The third-order valence-corrected chi connectivity index (χ3v) is 6.26. The van der Waals surface area contributed by atoms with Gasteiger partial charge in [0.25, 0.3) is 0 Å². The number of nitrogens with zero attached hydrogens (tertiary/aromatic N) is 2. The fourth-order valence-electron chi connectivity index (χ4n) is 3.03. The molecule has 1 fully saturated rings. The summed E-state index contributed by atoms with van der Waals surface area (Å²) in [6.45, 7) is 1.27. The second kappa shape index (κ2) is 6.57. The Kier molecular flexibility index (Phi) is 4.68. The number of hydrogen-bond acceptors (Lipinski definition) is 4. The minimum atomic E-state index is -3.61. The van der Waals surface area contributed by atoms with Crippen LogP contribution in [0.1, 0.15) is 11.5 Å². The van der Waals surface area contributed by atoms with Gasteiger partial charge in [-0.3, -0.25) is 4.98 Å². The number of benzene rings is 1. The predicted molar refractivity (Wildman–Crippen MR) is 89.7 cm³/mol. The van der Waals surface area contributed by atoms with E-state index >= 15 is 0 Å². The predicted octanol–water partition coefficient (Wildman–Crippen LogP) is 2.10. The van der Waals surface area contributed by atoms with E-state index in [0.717, 1.165) is 5.56 Å². The molecular weight excluding hydrogens is 334 g/mol. The maximum atomic E-state index is 12.8. The van der Waals surface area contributed by atoms with Crippen molar-refractivity contribution >= 4 is 21.6 Å². The molecule has 0 radical (unpaired) electrons. The molecule has 0 bridgehead atoms. The van der Waals surface area contributed by atoms with Gasteiger partial charge >= 0.3 is 0 Å². The van der Waals surface area contributed by atoms with Crippen LogP contribution in [0.3, 0.4) is 0 Å². The minimum absolute atomic E-state index is 0.0966. The fraction of sp³-hybridized carbons (Fsp3) is 0.312. The molecule has 2 heterocycles. The van der Waals surface area contributed by atoms with Crippen molar-refractivity contribution < 1.29 is 8.42 Å². The summed E-state index contributed by atoms with van der Waals surface area (Å²) in [5, 5.41) is 0.306. The van der Waals surface area contributed by atoms with Gasteiger partial charge in [-0.2, -0.15) is 4.31 Å². The van der Waals surface area contributed by atoms with Crippen molar-refractivity contribution in [2.45, 2.75) is 10.8 Å². The summed E-state index contributed by atoms with van der Waals surface area (Å²) >= 11 is 5.87. The van der Waals surface area contributed by atoms with Gasteiger partial charge in [0.15, 0.2) is 0 Å². The summed E-state index contributed by atoms with van der Waals surface area (Å²) in [6.07, 6.45) is 2.74. The van der Waals surface area contributed by atoms with Crippen molar-refractivity contribution in [3.8, 4) is 0 Å². The van der Waals surface area contributed by atoms with E-state index in [-0.39, 0.29) is 16.7 Å². The molecular formula is C16H18ClN3O2S. The fourth-order valence-corrected chi connectivity index (χ4v) is 4.78. The Hall–Kier alpha value is -1.47. The zero-order chi connectivity index (χ0) is 16.4. The van der Waals surface area contributed by atoms with E-state index in [1.165, 1.54) is 22.8 Å². The molecule has 7 heteroatoms. The highest BCUT2D eigenvalue weighted by atomic mass is 35.5. The minimum Gasteiger partial charge on any atom is -0.330 e. The molecule has 0 spiro atoms. The van der Waals surface area contributed by atoms with Crippen LogP contribution in [-0.2, 0) is 10.0 Å². The highest BCUT2D eigenvalue weighted by Crippen LogP contribution is 2.35. The van der Waals surface area contributed by atoms with E-state index in [4.69, 9.17) is 17.3 Å². The van der Waals surface area contributed by atoms with E-state index in [1.807, 2.05) is 30.3 Å². The third kappa shape index (κ3) is 3.26. The topological polar surface area (TPSA) is 76.3 Å². The lowest BCUT2D eigenvalue weighted by molar-refractivity contribution is 0.458. The molecule has 0 amide bonds. The Morgan fingerprint density at radius 3 is 2.61 bits per heavy atom. The van der Waals surface area contributed by atoms with Crippen molar-refractivity contribution in [3.63, 3.8) is 0 Å². The van der Waals surface area contributed by atoms with E-state index in [2.05, 4.69) is 4.98 Å². The van der Waals surface area contributed by atoms with Gasteiger partial charge in [-0.05, 0) is 24.1 Å². The number of nitrogens with two attached hydrogens (primary N) is 1. The molecule has 1 aliphatic heterocycles. The number of aromatic nitrogens is 1. The lowest BCUT2D eigenvalue weighted by atomic mass is 9.89. The smallest absolute Gasteiger partial charge is 0.244 e. The Morgan fingerprint density at radius 1 is 1.22 bits per heavy atom. The Labute approximate surface area is 141 Å². The van der Waals surface area contributed by atoms with Crippen molar-refractivity contribution in [2.24, 2.45) is 11.7 Å². The van der Waals surface area contributed by atoms with Crippen molar-refractivity contribution in [1.29, 1.82) is 0 Å². The van der Waals surface area contributed by atoms with Crippen molar-refractivity contribution in [3.05, 3.63) is 59.4 Å². The molecule has 1 aromatic carbocycles. The second-order valence-electron chi connectivity index (χ2n) is 5.67. The van der Waals surface area contributed by atoms with E-state index < -0.39 is 10.0 Å². The van der Waals surface area contributed by atoms with Crippen LogP contribution >= 0.6 is 11.6 Å². The normalized spacial score (nSPS) is 22.3. The largest absolute Gasteiger partial charge is 0.330 e. The van der Waals surface area contributed by atoms with Gasteiger partial charge < -0.3 is 5.73 Å². The maximum absolute atomic E-state index is 12.8. The summed E-state index contributed by atoms with van der Waals surface area (Å²) in [5.41, 5.74) is 6.99. The summed E-state index contributed by atoms with van der Waals surface area (Å²) in [7, 11) is -3.61. The van der Waals surface area contributed by atoms with Gasteiger partial charge in [0, 0.05) is 31.4 Å². The quantitative estimate of drug-likeness (QED) is 0.915. The average Bonchev–Trinajstić information content (AvgIpc) is 3.01. The van der Waals surface area contributed by atoms with Gasteiger partial charge in [-0.1, -0.05) is 41.9 Å². The lowest BCUT2D eigenvalue weighted by Crippen LogP contribution is -2.30. The summed E-state index contributed by atoms with van der Waals surface area (Å²) in [5.74, 6) is 0.197. The monoisotopic (exact) mass is 351 g/mol. The van der Waals surface area contributed by atoms with Crippen LogP contribution in [0.15, 0.2) is 53.7 Å². The first kappa shape index (κ1) is 16.4. The van der Waals surface area contributed by atoms with E-state index in [9.17, 15) is 8.42 Å². The molecule has 1 aromatic heterocycles. The molecule has 0 saturated carbocycles. The molecule has 122 valence electrons. The number of rotatable bonds is 4. The van der Waals surface area contributed by atoms with Crippen LogP contribution in [-0.4, -0.2) is 37.3 Å². The van der Waals surface area contributed by atoms with Gasteiger partial charge in [0.1, 0.15) is 4.90 Å². The number of pyridine rings is 1. The summed E-state index contributed by atoms with van der Waals surface area (Å²) in [4.78, 5) is 4.00. The average molecular weight is 352 g/mol. The third-order valence-electron chi connectivity index (χ3n) is 4.26. The maximum Gasteiger partial charge on any atom is 0.244 e. The Bertz CT molecular complexity index is 783. The van der Waals surface area contributed by atoms with Gasteiger partial charge in [-0.15, -0.1) is 0 Å². The molecule has 2 aromatic rings. The highest BCUT2D eigenvalue weighted by Gasteiger charge is 2.39. The lowest BCUT2D eigenvalue weighted by Gasteiger charge is -2.17. The van der Waals surface area contributed by atoms with Crippen LogP contribution in [0.2, 0.25) is 5.02 Å². The van der Waals surface area contributed by atoms with E-state index in [1.54, 1.807) is 0 Å². The first-order chi connectivity index (χ1) is 11.0.